The summed E-state index contributed by atoms with van der Waals surface area (Å²) in [7, 11) is -3.38. The van der Waals surface area contributed by atoms with Crippen molar-refractivity contribution in [3.05, 3.63) is 0 Å². The van der Waals surface area contributed by atoms with Crippen LogP contribution in [0.4, 0.5) is 0 Å². The van der Waals surface area contributed by atoms with Crippen molar-refractivity contribution in [2.24, 2.45) is 5.73 Å². The summed E-state index contributed by atoms with van der Waals surface area (Å²) >= 11 is 4.74. The maximum Gasteiger partial charge on any atom is 0.220 e. The lowest BCUT2D eigenvalue weighted by Gasteiger charge is -2.14. The monoisotopic (exact) mass is 266 g/mol. The molecule has 0 aliphatic heterocycles. The van der Waals surface area contributed by atoms with Gasteiger partial charge in [-0.25, -0.2) is 13.1 Å². The van der Waals surface area contributed by atoms with Crippen LogP contribution in [0.3, 0.4) is 0 Å². The maximum absolute atomic E-state index is 11.8. The predicted molar refractivity (Wildman–Crippen MR) is 71.9 cm³/mol. The Kier molecular flexibility index (Phi) is 7.87. The molecular weight excluding hydrogens is 244 g/mol. The van der Waals surface area contributed by atoms with Crippen LogP contribution in [0.5, 0.6) is 0 Å². The lowest BCUT2D eigenvalue weighted by atomic mass is 10.2. The standard InChI is InChI=1S/C10H22N2O2S2/c1-3-5-6-7-8-12-16(13,14)9(4-2)10(11)15/h9,12H,3-8H2,1-2H3,(H2,11,15). The van der Waals surface area contributed by atoms with Crippen molar-refractivity contribution in [2.45, 2.75) is 51.2 Å². The van der Waals surface area contributed by atoms with Crippen molar-refractivity contribution < 1.29 is 8.42 Å². The van der Waals surface area contributed by atoms with E-state index in [0.29, 0.717) is 13.0 Å². The second kappa shape index (κ2) is 7.97. The second-order valence-corrected chi connectivity index (χ2v) is 6.22. The quantitative estimate of drug-likeness (QED) is 0.490. The van der Waals surface area contributed by atoms with Crippen molar-refractivity contribution in [1.29, 1.82) is 0 Å². The molecule has 0 aliphatic carbocycles. The SMILES string of the molecule is CCCCCCNS(=O)(=O)C(CC)C(N)=S. The number of unbranched alkanes of at least 4 members (excludes halogenated alkanes) is 3. The topological polar surface area (TPSA) is 72.2 Å². The van der Waals surface area contributed by atoms with E-state index in [1.165, 1.54) is 0 Å². The minimum Gasteiger partial charge on any atom is -0.392 e. The van der Waals surface area contributed by atoms with Gasteiger partial charge in [0.2, 0.25) is 10.0 Å². The fourth-order valence-corrected chi connectivity index (χ4v) is 3.36. The highest BCUT2D eigenvalue weighted by atomic mass is 32.2. The molecule has 0 heterocycles. The van der Waals surface area contributed by atoms with Crippen molar-refractivity contribution >= 4 is 27.2 Å². The van der Waals surface area contributed by atoms with Gasteiger partial charge >= 0.3 is 0 Å². The average molecular weight is 266 g/mol. The summed E-state index contributed by atoms with van der Waals surface area (Å²) < 4.78 is 26.1. The third-order valence-corrected chi connectivity index (χ3v) is 4.77. The Morgan fingerprint density at radius 2 is 1.94 bits per heavy atom. The number of hydrogen-bond donors (Lipinski definition) is 2. The van der Waals surface area contributed by atoms with Crippen LogP contribution < -0.4 is 10.5 Å². The fourth-order valence-electron chi connectivity index (χ4n) is 1.44. The van der Waals surface area contributed by atoms with E-state index in [9.17, 15) is 8.42 Å². The number of rotatable bonds is 9. The van der Waals surface area contributed by atoms with Gasteiger partial charge in [-0.2, -0.15) is 0 Å². The van der Waals surface area contributed by atoms with E-state index in [1.54, 1.807) is 6.92 Å². The van der Waals surface area contributed by atoms with E-state index in [0.717, 1.165) is 25.7 Å². The van der Waals surface area contributed by atoms with Gasteiger partial charge in [-0.3, -0.25) is 0 Å². The molecule has 3 N–H and O–H groups in total. The predicted octanol–water partition coefficient (Wildman–Crippen LogP) is 1.55. The van der Waals surface area contributed by atoms with E-state index in [-0.39, 0.29) is 4.99 Å². The lowest BCUT2D eigenvalue weighted by molar-refractivity contribution is 0.567. The van der Waals surface area contributed by atoms with Crippen molar-refractivity contribution in [1.82, 2.24) is 4.72 Å². The van der Waals surface area contributed by atoms with Gasteiger partial charge in [0, 0.05) is 6.54 Å². The van der Waals surface area contributed by atoms with E-state index in [1.807, 2.05) is 0 Å². The van der Waals surface area contributed by atoms with Gasteiger partial charge in [-0.1, -0.05) is 45.3 Å². The molecule has 0 aromatic heterocycles. The number of thiocarbonyl (C=S) groups is 1. The third kappa shape index (κ3) is 5.77. The Bertz CT molecular complexity index is 302. The molecule has 0 aromatic carbocycles. The van der Waals surface area contributed by atoms with Crippen molar-refractivity contribution in [3.8, 4) is 0 Å². The van der Waals surface area contributed by atoms with Gasteiger partial charge < -0.3 is 5.73 Å². The molecule has 16 heavy (non-hydrogen) atoms. The van der Waals surface area contributed by atoms with Gasteiger partial charge in [0.25, 0.3) is 0 Å². The minimum absolute atomic E-state index is 0.0450. The Hall–Kier alpha value is -0.200. The summed E-state index contributed by atoms with van der Waals surface area (Å²) in [6.45, 7) is 4.35. The molecule has 0 aromatic rings. The Morgan fingerprint density at radius 1 is 1.31 bits per heavy atom. The van der Waals surface area contributed by atoms with Gasteiger partial charge in [0.1, 0.15) is 5.25 Å². The third-order valence-electron chi connectivity index (χ3n) is 2.40. The fraction of sp³-hybridized carbons (Fsp3) is 0.900. The van der Waals surface area contributed by atoms with Crippen molar-refractivity contribution in [2.75, 3.05) is 6.54 Å². The molecule has 0 saturated carbocycles. The highest BCUT2D eigenvalue weighted by molar-refractivity contribution is 7.93. The summed E-state index contributed by atoms with van der Waals surface area (Å²) in [5, 5.41) is -0.742. The van der Waals surface area contributed by atoms with Crippen molar-refractivity contribution in [3.63, 3.8) is 0 Å². The normalized spacial score (nSPS) is 13.6. The first-order valence-corrected chi connectivity index (χ1v) is 7.69. The molecular formula is C10H22N2O2S2. The molecule has 0 radical (unpaired) electrons. The average Bonchev–Trinajstić information content (AvgIpc) is 2.17. The number of sulfonamides is 1. The van der Waals surface area contributed by atoms with E-state index >= 15 is 0 Å². The van der Waals surface area contributed by atoms with Crippen LogP contribution in [0.15, 0.2) is 0 Å². The van der Waals surface area contributed by atoms with Crippen LogP contribution in [0.25, 0.3) is 0 Å². The lowest BCUT2D eigenvalue weighted by Crippen LogP contribution is -2.41. The minimum atomic E-state index is -3.38. The second-order valence-electron chi connectivity index (χ2n) is 3.80. The van der Waals surface area contributed by atoms with Crippen LogP contribution in [0.1, 0.15) is 46.0 Å². The summed E-state index contributed by atoms with van der Waals surface area (Å²) in [4.78, 5) is 0.0450. The maximum atomic E-state index is 11.8. The molecule has 0 amide bonds. The molecule has 0 spiro atoms. The van der Waals surface area contributed by atoms with Gasteiger partial charge in [0.15, 0.2) is 0 Å². The van der Waals surface area contributed by atoms with E-state index in [4.69, 9.17) is 18.0 Å². The smallest absolute Gasteiger partial charge is 0.220 e. The van der Waals surface area contributed by atoms with Crippen LogP contribution in [-0.2, 0) is 10.0 Å². The molecule has 0 fully saturated rings. The van der Waals surface area contributed by atoms with E-state index < -0.39 is 15.3 Å². The molecule has 0 bridgehead atoms. The largest absolute Gasteiger partial charge is 0.392 e. The van der Waals surface area contributed by atoms with Crippen LogP contribution in [-0.4, -0.2) is 25.2 Å². The highest BCUT2D eigenvalue weighted by Gasteiger charge is 2.25. The highest BCUT2D eigenvalue weighted by Crippen LogP contribution is 2.05. The van der Waals surface area contributed by atoms with Crippen LogP contribution >= 0.6 is 12.2 Å². The molecule has 4 nitrogen and oxygen atoms in total. The molecule has 6 heteroatoms. The first-order valence-electron chi connectivity index (χ1n) is 5.73. The molecule has 0 rings (SSSR count). The first-order chi connectivity index (χ1) is 7.45. The van der Waals surface area contributed by atoms with Crippen LogP contribution in [0, 0.1) is 0 Å². The molecule has 1 unspecified atom stereocenters. The summed E-state index contributed by atoms with van der Waals surface area (Å²) in [5.74, 6) is 0. The summed E-state index contributed by atoms with van der Waals surface area (Å²) in [6, 6.07) is 0. The summed E-state index contributed by atoms with van der Waals surface area (Å²) in [6.07, 6.45) is 4.59. The molecule has 1 atom stereocenters. The zero-order valence-electron chi connectivity index (χ0n) is 10.0. The zero-order valence-corrected chi connectivity index (χ0v) is 11.7. The Morgan fingerprint density at radius 3 is 2.38 bits per heavy atom. The number of nitrogens with one attached hydrogen (secondary N) is 1. The van der Waals surface area contributed by atoms with E-state index in [2.05, 4.69) is 11.6 Å². The van der Waals surface area contributed by atoms with Crippen LogP contribution in [0.2, 0.25) is 0 Å². The zero-order chi connectivity index (χ0) is 12.6. The first kappa shape index (κ1) is 15.8. The van der Waals surface area contributed by atoms with Gasteiger partial charge in [-0.05, 0) is 12.8 Å². The molecule has 96 valence electrons. The molecule has 0 saturated heterocycles. The van der Waals surface area contributed by atoms with Gasteiger partial charge in [0.05, 0.1) is 4.99 Å². The molecule has 0 aliphatic rings. The number of nitrogens with two attached hydrogens (primary N) is 1. The summed E-state index contributed by atoms with van der Waals surface area (Å²) in [5.41, 5.74) is 5.40. The van der Waals surface area contributed by atoms with Gasteiger partial charge in [-0.15, -0.1) is 0 Å². The Labute approximate surface area is 104 Å². The number of hydrogen-bond acceptors (Lipinski definition) is 3. The Balaban J connectivity index is 4.09.